The standard InChI is InChI=1S/C17H18N2O2/c1-11-5-2-6-12-7-4-10-19(15(11)12)17(21)13-8-3-9-14(18)16(13)20/h2-3,5-6,8-9,20H,4,7,10,18H2,1H3. The first-order valence-electron chi connectivity index (χ1n) is 7.07. The Hall–Kier alpha value is -2.49. The fourth-order valence-electron chi connectivity index (χ4n) is 2.93. The Morgan fingerprint density at radius 2 is 2.00 bits per heavy atom. The zero-order chi connectivity index (χ0) is 15.0. The van der Waals surface area contributed by atoms with Crippen LogP contribution in [-0.2, 0) is 6.42 Å². The largest absolute Gasteiger partial charge is 0.505 e. The van der Waals surface area contributed by atoms with Crippen LogP contribution >= 0.6 is 0 Å². The molecule has 0 unspecified atom stereocenters. The van der Waals surface area contributed by atoms with Gasteiger partial charge in [0.1, 0.15) is 0 Å². The predicted octanol–water partition coefficient (Wildman–Crippen LogP) is 2.88. The van der Waals surface area contributed by atoms with E-state index in [2.05, 4.69) is 6.07 Å². The highest BCUT2D eigenvalue weighted by Crippen LogP contribution is 2.34. The minimum Gasteiger partial charge on any atom is -0.505 e. The maximum atomic E-state index is 12.8. The number of aromatic hydroxyl groups is 1. The summed E-state index contributed by atoms with van der Waals surface area (Å²) in [5.74, 6) is -0.335. The highest BCUT2D eigenvalue weighted by Gasteiger charge is 2.26. The van der Waals surface area contributed by atoms with Crippen molar-refractivity contribution in [3.8, 4) is 5.75 Å². The van der Waals surface area contributed by atoms with E-state index in [0.29, 0.717) is 6.54 Å². The molecule has 0 saturated carbocycles. The maximum absolute atomic E-state index is 12.8. The third kappa shape index (κ3) is 2.23. The average Bonchev–Trinajstić information content (AvgIpc) is 2.49. The summed E-state index contributed by atoms with van der Waals surface area (Å²) in [6, 6.07) is 11.0. The van der Waals surface area contributed by atoms with Crippen molar-refractivity contribution in [3.05, 3.63) is 53.1 Å². The van der Waals surface area contributed by atoms with Crippen LogP contribution in [0.25, 0.3) is 0 Å². The molecule has 3 N–H and O–H groups in total. The highest BCUT2D eigenvalue weighted by molar-refractivity contribution is 6.09. The van der Waals surface area contributed by atoms with E-state index in [0.717, 1.165) is 24.1 Å². The van der Waals surface area contributed by atoms with Crippen LogP contribution in [0.1, 0.15) is 27.9 Å². The maximum Gasteiger partial charge on any atom is 0.262 e. The third-order valence-electron chi connectivity index (χ3n) is 3.96. The zero-order valence-corrected chi connectivity index (χ0v) is 12.0. The molecule has 3 rings (SSSR count). The first-order valence-corrected chi connectivity index (χ1v) is 7.07. The normalized spacial score (nSPS) is 13.9. The van der Waals surface area contributed by atoms with Crippen molar-refractivity contribution in [2.75, 3.05) is 17.2 Å². The number of benzene rings is 2. The first-order chi connectivity index (χ1) is 10.1. The quantitative estimate of drug-likeness (QED) is 0.624. The molecule has 2 aromatic carbocycles. The van der Waals surface area contributed by atoms with E-state index < -0.39 is 0 Å². The number of fused-ring (bicyclic) bond motifs is 1. The van der Waals surface area contributed by atoms with Crippen LogP contribution in [0.3, 0.4) is 0 Å². The number of para-hydroxylation sites is 2. The van der Waals surface area contributed by atoms with Gasteiger partial charge in [-0.05, 0) is 43.0 Å². The van der Waals surface area contributed by atoms with Crippen molar-refractivity contribution in [2.24, 2.45) is 0 Å². The van der Waals surface area contributed by atoms with Crippen molar-refractivity contribution in [2.45, 2.75) is 19.8 Å². The van der Waals surface area contributed by atoms with E-state index in [-0.39, 0.29) is 22.9 Å². The van der Waals surface area contributed by atoms with E-state index in [9.17, 15) is 9.90 Å². The van der Waals surface area contributed by atoms with Gasteiger partial charge in [0.05, 0.1) is 16.9 Å². The van der Waals surface area contributed by atoms with Crippen LogP contribution in [0.4, 0.5) is 11.4 Å². The van der Waals surface area contributed by atoms with Crippen molar-refractivity contribution in [3.63, 3.8) is 0 Å². The number of carbonyl (C=O) groups excluding carboxylic acids is 1. The third-order valence-corrected chi connectivity index (χ3v) is 3.96. The second-order valence-electron chi connectivity index (χ2n) is 5.39. The molecule has 4 nitrogen and oxygen atoms in total. The van der Waals surface area contributed by atoms with Gasteiger partial charge in [-0.1, -0.05) is 24.3 Å². The van der Waals surface area contributed by atoms with Gasteiger partial charge in [-0.25, -0.2) is 0 Å². The average molecular weight is 282 g/mol. The number of hydrogen-bond acceptors (Lipinski definition) is 3. The zero-order valence-electron chi connectivity index (χ0n) is 12.0. The molecule has 1 heterocycles. The van der Waals surface area contributed by atoms with Gasteiger partial charge in [0.2, 0.25) is 0 Å². The van der Waals surface area contributed by atoms with Gasteiger partial charge >= 0.3 is 0 Å². The lowest BCUT2D eigenvalue weighted by atomic mass is 9.97. The summed E-state index contributed by atoms with van der Waals surface area (Å²) >= 11 is 0. The Bertz CT molecular complexity index is 710. The van der Waals surface area contributed by atoms with Crippen molar-refractivity contribution in [1.29, 1.82) is 0 Å². The van der Waals surface area contributed by atoms with Crippen LogP contribution < -0.4 is 10.6 Å². The number of nitrogen functional groups attached to an aromatic ring is 1. The fraction of sp³-hybridized carbons (Fsp3) is 0.235. The second kappa shape index (κ2) is 5.13. The summed E-state index contributed by atoms with van der Waals surface area (Å²) < 4.78 is 0. The molecule has 0 aliphatic carbocycles. The van der Waals surface area contributed by atoms with Crippen LogP contribution in [-0.4, -0.2) is 17.6 Å². The molecule has 0 aromatic heterocycles. The molecule has 0 fully saturated rings. The van der Waals surface area contributed by atoms with Crippen molar-refractivity contribution in [1.82, 2.24) is 0 Å². The molecule has 0 atom stereocenters. The Morgan fingerprint density at radius 3 is 2.81 bits per heavy atom. The van der Waals surface area contributed by atoms with Gasteiger partial charge in [0.15, 0.2) is 5.75 Å². The number of phenols is 1. The van der Waals surface area contributed by atoms with Crippen molar-refractivity contribution >= 4 is 17.3 Å². The number of hydrogen-bond donors (Lipinski definition) is 2. The van der Waals surface area contributed by atoms with Gasteiger partial charge in [-0.15, -0.1) is 0 Å². The molecule has 4 heteroatoms. The van der Waals surface area contributed by atoms with E-state index >= 15 is 0 Å². The summed E-state index contributed by atoms with van der Waals surface area (Å²) in [5, 5.41) is 10.0. The summed E-state index contributed by atoms with van der Waals surface area (Å²) in [6.07, 6.45) is 1.90. The number of carbonyl (C=O) groups is 1. The molecule has 1 amide bonds. The highest BCUT2D eigenvalue weighted by atomic mass is 16.3. The topological polar surface area (TPSA) is 66.6 Å². The molecule has 108 valence electrons. The lowest BCUT2D eigenvalue weighted by Gasteiger charge is -2.31. The van der Waals surface area contributed by atoms with Crippen LogP contribution in [0.15, 0.2) is 36.4 Å². The van der Waals surface area contributed by atoms with Crippen LogP contribution in [0.5, 0.6) is 5.75 Å². The molecule has 0 bridgehead atoms. The van der Waals surface area contributed by atoms with Gasteiger partial charge < -0.3 is 15.7 Å². The number of rotatable bonds is 1. The monoisotopic (exact) mass is 282 g/mol. The summed E-state index contributed by atoms with van der Waals surface area (Å²) in [5.41, 5.74) is 9.39. The molecule has 1 aliphatic rings. The Kier molecular flexibility index (Phi) is 3.29. The predicted molar refractivity (Wildman–Crippen MR) is 83.7 cm³/mol. The number of nitrogens with zero attached hydrogens (tertiary/aromatic N) is 1. The molecular formula is C17H18N2O2. The number of amides is 1. The van der Waals surface area contributed by atoms with Crippen LogP contribution in [0, 0.1) is 6.92 Å². The molecule has 1 aliphatic heterocycles. The van der Waals surface area contributed by atoms with Crippen molar-refractivity contribution < 1.29 is 9.90 Å². The molecule has 2 aromatic rings. The van der Waals surface area contributed by atoms with E-state index in [4.69, 9.17) is 5.73 Å². The molecule has 21 heavy (non-hydrogen) atoms. The minimum atomic E-state index is -0.199. The van der Waals surface area contributed by atoms with Gasteiger partial charge in [-0.3, -0.25) is 4.79 Å². The molecule has 0 radical (unpaired) electrons. The molecular weight excluding hydrogens is 264 g/mol. The van der Waals surface area contributed by atoms with Gasteiger partial charge in [0.25, 0.3) is 5.91 Å². The summed E-state index contributed by atoms with van der Waals surface area (Å²) in [4.78, 5) is 14.6. The molecule has 0 saturated heterocycles. The Balaban J connectivity index is 2.07. The molecule has 0 spiro atoms. The van der Waals surface area contributed by atoms with E-state index in [1.54, 1.807) is 23.1 Å². The van der Waals surface area contributed by atoms with E-state index in [1.165, 1.54) is 5.56 Å². The summed E-state index contributed by atoms with van der Waals surface area (Å²) in [7, 11) is 0. The van der Waals surface area contributed by atoms with Crippen LogP contribution in [0.2, 0.25) is 0 Å². The van der Waals surface area contributed by atoms with Gasteiger partial charge in [0, 0.05) is 6.54 Å². The fourth-order valence-corrected chi connectivity index (χ4v) is 2.93. The SMILES string of the molecule is Cc1cccc2c1N(C(=O)c1cccc(N)c1O)CCC2. The Morgan fingerprint density at radius 1 is 1.24 bits per heavy atom. The lowest BCUT2D eigenvalue weighted by Crippen LogP contribution is -2.36. The number of phenolic OH excluding ortho intramolecular Hbond substituents is 1. The number of anilines is 2. The van der Waals surface area contributed by atoms with E-state index in [1.807, 2.05) is 19.1 Å². The smallest absolute Gasteiger partial charge is 0.262 e. The van der Waals surface area contributed by atoms with Gasteiger partial charge in [-0.2, -0.15) is 0 Å². The number of aryl methyl sites for hydroxylation is 2. The summed E-state index contributed by atoms with van der Waals surface area (Å²) in [6.45, 7) is 2.66. The lowest BCUT2D eigenvalue weighted by molar-refractivity contribution is 0.0982. The minimum absolute atomic E-state index is 0.136. The number of nitrogens with two attached hydrogens (primary N) is 1. The Labute approximate surface area is 123 Å². The first kappa shape index (κ1) is 13.5. The second-order valence-corrected chi connectivity index (χ2v) is 5.39.